The number of rotatable bonds is 6. The molecular weight excluding hydrogens is 363 g/mol. The van der Waals surface area contributed by atoms with Gasteiger partial charge >= 0.3 is 5.97 Å². The molecule has 1 fully saturated rings. The maximum atomic E-state index is 14.3. The van der Waals surface area contributed by atoms with Gasteiger partial charge < -0.3 is 15.0 Å². The Balaban J connectivity index is 1.99. The van der Waals surface area contributed by atoms with E-state index in [9.17, 15) is 18.8 Å². The van der Waals surface area contributed by atoms with E-state index >= 15 is 0 Å². The summed E-state index contributed by atoms with van der Waals surface area (Å²) >= 11 is 0. The molecule has 0 spiro atoms. The lowest BCUT2D eigenvalue weighted by atomic mass is 9.78. The van der Waals surface area contributed by atoms with Crippen LogP contribution in [0.2, 0.25) is 0 Å². The van der Waals surface area contributed by atoms with Crippen molar-refractivity contribution in [2.45, 2.75) is 57.4 Å². The van der Waals surface area contributed by atoms with Gasteiger partial charge in [-0.2, -0.15) is 0 Å². The average molecular weight is 392 g/mol. The van der Waals surface area contributed by atoms with Crippen LogP contribution in [0.5, 0.6) is 0 Å². The fraction of sp³-hybridized carbons (Fsp3) is 0.571. The molecule has 0 heterocycles. The van der Waals surface area contributed by atoms with Crippen molar-refractivity contribution in [2.75, 3.05) is 20.2 Å². The molecule has 0 atom stereocenters. The number of nitrogens with zero attached hydrogens (tertiary/aromatic N) is 1. The first-order valence-electron chi connectivity index (χ1n) is 9.52. The second kappa shape index (κ2) is 8.71. The Morgan fingerprint density at radius 2 is 1.79 bits per heavy atom. The lowest BCUT2D eigenvalue weighted by molar-refractivity contribution is -0.157. The summed E-state index contributed by atoms with van der Waals surface area (Å²) in [5.74, 6) is -1.81. The molecule has 1 aromatic carbocycles. The first kappa shape index (κ1) is 21.9. The summed E-state index contributed by atoms with van der Waals surface area (Å²) in [5.41, 5.74) is -1.13. The predicted octanol–water partition coefficient (Wildman–Crippen LogP) is 2.55. The molecule has 1 saturated carbocycles. The third kappa shape index (κ3) is 5.30. The number of amides is 2. The van der Waals surface area contributed by atoms with Gasteiger partial charge in [-0.25, -0.2) is 4.39 Å². The maximum absolute atomic E-state index is 14.3. The van der Waals surface area contributed by atoms with Crippen molar-refractivity contribution in [1.29, 1.82) is 0 Å². The maximum Gasteiger partial charge on any atom is 0.317 e. The zero-order chi connectivity index (χ0) is 20.9. The summed E-state index contributed by atoms with van der Waals surface area (Å²) in [6.07, 6.45) is 2.57. The monoisotopic (exact) mass is 392 g/mol. The Morgan fingerprint density at radius 3 is 2.36 bits per heavy atom. The van der Waals surface area contributed by atoms with Crippen molar-refractivity contribution >= 4 is 17.8 Å². The quantitative estimate of drug-likeness (QED) is 0.755. The largest absolute Gasteiger partial charge is 0.455 e. The van der Waals surface area contributed by atoms with Gasteiger partial charge in [-0.05, 0) is 39.7 Å². The molecule has 1 aliphatic rings. The van der Waals surface area contributed by atoms with E-state index in [0.29, 0.717) is 18.4 Å². The summed E-state index contributed by atoms with van der Waals surface area (Å²) < 4.78 is 19.6. The van der Waals surface area contributed by atoms with Crippen molar-refractivity contribution in [3.05, 3.63) is 35.6 Å². The zero-order valence-electron chi connectivity index (χ0n) is 17.0. The van der Waals surface area contributed by atoms with Crippen LogP contribution in [-0.4, -0.2) is 48.4 Å². The minimum atomic E-state index is -1.05. The minimum Gasteiger partial charge on any atom is -0.455 e. The van der Waals surface area contributed by atoms with Crippen LogP contribution in [0.3, 0.4) is 0 Å². The number of likely N-dealkylation sites (N-methyl/N-ethyl adjacent to an activating group) is 1. The van der Waals surface area contributed by atoms with Crippen LogP contribution in [-0.2, 0) is 24.5 Å². The van der Waals surface area contributed by atoms with Crippen molar-refractivity contribution in [3.63, 3.8) is 0 Å². The molecule has 0 unspecified atom stereocenters. The van der Waals surface area contributed by atoms with Crippen LogP contribution in [0.1, 0.15) is 52.0 Å². The second-order valence-electron chi connectivity index (χ2n) is 8.39. The van der Waals surface area contributed by atoms with Crippen molar-refractivity contribution in [3.8, 4) is 0 Å². The molecule has 0 aromatic heterocycles. The van der Waals surface area contributed by atoms with E-state index in [1.165, 1.54) is 18.0 Å². The smallest absolute Gasteiger partial charge is 0.317 e. The predicted molar refractivity (Wildman–Crippen MR) is 103 cm³/mol. The highest BCUT2D eigenvalue weighted by Gasteiger charge is 2.46. The molecule has 0 aliphatic heterocycles. The van der Waals surface area contributed by atoms with E-state index in [2.05, 4.69) is 5.32 Å². The molecule has 0 bridgehead atoms. The number of carbonyl (C=O) groups excluding carboxylic acids is 3. The fourth-order valence-electron chi connectivity index (χ4n) is 3.55. The molecule has 1 aromatic rings. The molecule has 7 heteroatoms. The highest BCUT2D eigenvalue weighted by molar-refractivity contribution is 5.88. The standard InChI is InChI=1S/C21H29FN2O4/c1-20(2,3)23-17(25)13-24(4)18(26)14-28-19(27)21(11-7-8-12-21)15-9-5-6-10-16(15)22/h5-6,9-10H,7-8,11-14H2,1-4H3,(H,23,25). The number of ether oxygens (including phenoxy) is 1. The minimum absolute atomic E-state index is 0.133. The average Bonchev–Trinajstić information content (AvgIpc) is 3.08. The topological polar surface area (TPSA) is 75.7 Å². The summed E-state index contributed by atoms with van der Waals surface area (Å²) in [4.78, 5) is 38.2. The Hall–Kier alpha value is -2.44. The number of nitrogens with one attached hydrogen (secondary N) is 1. The molecule has 2 amide bonds. The normalized spacial score (nSPS) is 15.8. The Kier molecular flexibility index (Phi) is 6.80. The lowest BCUT2D eigenvalue weighted by Gasteiger charge is -2.28. The van der Waals surface area contributed by atoms with E-state index in [1.807, 2.05) is 20.8 Å². The highest BCUT2D eigenvalue weighted by atomic mass is 19.1. The van der Waals surface area contributed by atoms with Gasteiger partial charge in [0.15, 0.2) is 6.61 Å². The van der Waals surface area contributed by atoms with Gasteiger partial charge in [0.1, 0.15) is 5.82 Å². The van der Waals surface area contributed by atoms with Crippen LogP contribution in [0, 0.1) is 5.82 Å². The van der Waals surface area contributed by atoms with Crippen LogP contribution >= 0.6 is 0 Å². The van der Waals surface area contributed by atoms with Crippen molar-refractivity contribution in [2.24, 2.45) is 0 Å². The molecule has 154 valence electrons. The van der Waals surface area contributed by atoms with E-state index < -0.39 is 35.3 Å². The Morgan fingerprint density at radius 1 is 1.18 bits per heavy atom. The summed E-state index contributed by atoms with van der Waals surface area (Å²) in [5, 5.41) is 2.77. The van der Waals surface area contributed by atoms with E-state index in [0.717, 1.165) is 12.8 Å². The van der Waals surface area contributed by atoms with Gasteiger partial charge in [-0.3, -0.25) is 14.4 Å². The fourth-order valence-corrected chi connectivity index (χ4v) is 3.55. The van der Waals surface area contributed by atoms with Gasteiger partial charge in [0.05, 0.1) is 12.0 Å². The van der Waals surface area contributed by atoms with Crippen molar-refractivity contribution in [1.82, 2.24) is 10.2 Å². The van der Waals surface area contributed by atoms with E-state index in [-0.39, 0.29) is 12.5 Å². The highest BCUT2D eigenvalue weighted by Crippen LogP contribution is 2.43. The lowest BCUT2D eigenvalue weighted by Crippen LogP contribution is -2.47. The van der Waals surface area contributed by atoms with Crippen LogP contribution < -0.4 is 5.32 Å². The number of hydrogen-bond acceptors (Lipinski definition) is 4. The number of benzene rings is 1. The van der Waals surface area contributed by atoms with Gasteiger partial charge in [0.25, 0.3) is 5.91 Å². The summed E-state index contributed by atoms with van der Waals surface area (Å²) in [7, 11) is 1.47. The van der Waals surface area contributed by atoms with Crippen LogP contribution in [0.4, 0.5) is 4.39 Å². The molecule has 2 rings (SSSR count). The van der Waals surface area contributed by atoms with E-state index in [1.54, 1.807) is 18.2 Å². The molecular formula is C21H29FN2O4. The third-order valence-corrected chi connectivity index (χ3v) is 4.88. The SMILES string of the molecule is CN(CC(=O)NC(C)(C)C)C(=O)COC(=O)C1(c2ccccc2F)CCCC1. The van der Waals surface area contributed by atoms with E-state index in [4.69, 9.17) is 4.74 Å². The number of hydrogen-bond donors (Lipinski definition) is 1. The Bertz CT molecular complexity index is 736. The molecule has 0 saturated heterocycles. The van der Waals surface area contributed by atoms with Gasteiger partial charge in [-0.1, -0.05) is 31.0 Å². The number of halogens is 1. The molecule has 0 radical (unpaired) electrons. The number of esters is 1. The van der Waals surface area contributed by atoms with Crippen LogP contribution in [0.25, 0.3) is 0 Å². The van der Waals surface area contributed by atoms with Crippen molar-refractivity contribution < 1.29 is 23.5 Å². The Labute approximate surface area is 165 Å². The van der Waals surface area contributed by atoms with Gasteiger partial charge in [-0.15, -0.1) is 0 Å². The summed E-state index contributed by atoms with van der Waals surface area (Å²) in [6.45, 7) is 4.93. The second-order valence-corrected chi connectivity index (χ2v) is 8.39. The number of carbonyl (C=O) groups is 3. The first-order valence-corrected chi connectivity index (χ1v) is 9.52. The van der Waals surface area contributed by atoms with Crippen LogP contribution in [0.15, 0.2) is 24.3 Å². The van der Waals surface area contributed by atoms with Gasteiger partial charge in [0, 0.05) is 18.2 Å². The third-order valence-electron chi connectivity index (χ3n) is 4.88. The molecule has 1 N–H and O–H groups in total. The zero-order valence-corrected chi connectivity index (χ0v) is 17.0. The van der Waals surface area contributed by atoms with Gasteiger partial charge in [0.2, 0.25) is 5.91 Å². The first-order chi connectivity index (χ1) is 13.0. The molecule has 28 heavy (non-hydrogen) atoms. The molecule has 1 aliphatic carbocycles. The summed E-state index contributed by atoms with van der Waals surface area (Å²) in [6, 6.07) is 6.20. The molecule has 6 nitrogen and oxygen atoms in total.